The summed E-state index contributed by atoms with van der Waals surface area (Å²) in [5.41, 5.74) is 1.32. The largest absolute Gasteiger partial charge is 0.378 e. The quantitative estimate of drug-likeness (QED) is 0.798. The van der Waals surface area contributed by atoms with Gasteiger partial charge in [0.15, 0.2) is 0 Å². The summed E-state index contributed by atoms with van der Waals surface area (Å²) in [4.78, 5) is 0.318. The predicted octanol–water partition coefficient (Wildman–Crippen LogP) is 2.03. The molecule has 2 saturated carbocycles. The summed E-state index contributed by atoms with van der Waals surface area (Å²) in [6.07, 6.45) is 5.22. The molecule has 0 bridgehead atoms. The van der Waals surface area contributed by atoms with Gasteiger partial charge in [0.05, 0.1) is 11.0 Å². The van der Waals surface area contributed by atoms with E-state index in [4.69, 9.17) is 4.74 Å². The van der Waals surface area contributed by atoms with Gasteiger partial charge in [-0.15, -0.1) is 0 Å². The average molecular weight is 338 g/mol. The molecular weight excluding hydrogens is 312 g/mol. The van der Waals surface area contributed by atoms with Crippen molar-refractivity contribution in [1.82, 2.24) is 10.0 Å². The van der Waals surface area contributed by atoms with E-state index in [0.717, 1.165) is 18.6 Å². The van der Waals surface area contributed by atoms with Crippen LogP contribution < -0.4 is 10.0 Å². The fraction of sp³-hybridized carbons (Fsp3) is 0.647. The molecule has 1 aromatic carbocycles. The average Bonchev–Trinajstić information content (AvgIpc) is 2.48. The molecule has 0 heterocycles. The van der Waals surface area contributed by atoms with E-state index < -0.39 is 10.0 Å². The molecule has 2 N–H and O–H groups in total. The van der Waals surface area contributed by atoms with Crippen LogP contribution in [0.3, 0.4) is 0 Å². The number of ether oxygens (including phenoxy) is 1. The molecule has 0 unspecified atom stereocenters. The van der Waals surface area contributed by atoms with E-state index in [2.05, 4.69) is 17.0 Å². The first-order valence-electron chi connectivity index (χ1n) is 8.39. The smallest absolute Gasteiger partial charge is 0.240 e. The van der Waals surface area contributed by atoms with Gasteiger partial charge in [-0.1, -0.05) is 18.6 Å². The monoisotopic (exact) mass is 338 g/mol. The summed E-state index contributed by atoms with van der Waals surface area (Å²) in [5.74, 6) is 0. The molecule has 1 spiro atoms. The number of hydrogen-bond donors (Lipinski definition) is 2. The lowest BCUT2D eigenvalue weighted by Crippen LogP contribution is -2.66. The van der Waals surface area contributed by atoms with Gasteiger partial charge >= 0.3 is 0 Å². The van der Waals surface area contributed by atoms with Gasteiger partial charge in [0.2, 0.25) is 10.0 Å². The fourth-order valence-corrected chi connectivity index (χ4v) is 4.71. The first-order chi connectivity index (χ1) is 11.0. The van der Waals surface area contributed by atoms with Crippen molar-refractivity contribution < 1.29 is 13.2 Å². The Morgan fingerprint density at radius 2 is 2.13 bits per heavy atom. The Morgan fingerprint density at radius 3 is 2.74 bits per heavy atom. The second-order valence-corrected chi connectivity index (χ2v) is 8.44. The first kappa shape index (κ1) is 16.9. The van der Waals surface area contributed by atoms with E-state index in [0.29, 0.717) is 29.0 Å². The third kappa shape index (κ3) is 3.05. The van der Waals surface area contributed by atoms with Crippen LogP contribution in [0.5, 0.6) is 0 Å². The zero-order chi connectivity index (χ0) is 16.5. The summed E-state index contributed by atoms with van der Waals surface area (Å²) in [6, 6.07) is 7.61. The van der Waals surface area contributed by atoms with Crippen LogP contribution in [0.4, 0.5) is 0 Å². The number of sulfonamides is 1. The molecule has 5 nitrogen and oxygen atoms in total. The summed E-state index contributed by atoms with van der Waals surface area (Å²) >= 11 is 0. The molecule has 23 heavy (non-hydrogen) atoms. The van der Waals surface area contributed by atoms with E-state index in [1.165, 1.54) is 26.3 Å². The maximum Gasteiger partial charge on any atom is 0.240 e. The van der Waals surface area contributed by atoms with Gasteiger partial charge in [0.1, 0.15) is 0 Å². The zero-order valence-electron chi connectivity index (χ0n) is 13.8. The Hall–Kier alpha value is -0.950. The van der Waals surface area contributed by atoms with Gasteiger partial charge in [0, 0.05) is 24.6 Å². The van der Waals surface area contributed by atoms with Crippen molar-refractivity contribution in [3.63, 3.8) is 0 Å². The van der Waals surface area contributed by atoms with E-state index in [1.54, 1.807) is 18.2 Å². The molecule has 2 fully saturated rings. The molecular formula is C17H26N2O3S. The molecule has 2 aliphatic carbocycles. The Morgan fingerprint density at radius 1 is 1.35 bits per heavy atom. The minimum atomic E-state index is -3.38. The Kier molecular flexibility index (Phi) is 4.78. The normalized spacial score (nSPS) is 25.8. The highest BCUT2D eigenvalue weighted by Crippen LogP contribution is 2.57. The highest BCUT2D eigenvalue weighted by atomic mass is 32.2. The third-order valence-corrected chi connectivity index (χ3v) is 6.88. The predicted molar refractivity (Wildman–Crippen MR) is 89.6 cm³/mol. The minimum Gasteiger partial charge on any atom is -0.378 e. The summed E-state index contributed by atoms with van der Waals surface area (Å²) < 4.78 is 32.0. The third-order valence-electron chi connectivity index (χ3n) is 5.47. The second kappa shape index (κ2) is 6.51. The molecule has 3 rings (SSSR count). The maximum absolute atomic E-state index is 11.9. The highest BCUT2D eigenvalue weighted by Gasteiger charge is 2.58. The van der Waals surface area contributed by atoms with Crippen molar-refractivity contribution in [2.24, 2.45) is 5.41 Å². The number of nitrogens with one attached hydrogen (secondary N) is 2. The molecule has 2 atom stereocenters. The Labute approximate surface area is 138 Å². The van der Waals surface area contributed by atoms with Crippen LogP contribution in [0.15, 0.2) is 29.2 Å². The molecule has 0 aliphatic heterocycles. The molecule has 6 heteroatoms. The van der Waals surface area contributed by atoms with Crippen LogP contribution in [-0.2, 0) is 21.3 Å². The van der Waals surface area contributed by atoms with E-state index in [9.17, 15) is 8.42 Å². The number of benzene rings is 1. The van der Waals surface area contributed by atoms with Crippen molar-refractivity contribution in [1.29, 1.82) is 0 Å². The van der Waals surface area contributed by atoms with Gasteiger partial charge in [-0.05, 0) is 50.9 Å². The molecule has 0 amide bonds. The van der Waals surface area contributed by atoms with Crippen molar-refractivity contribution in [2.75, 3.05) is 13.7 Å². The zero-order valence-corrected chi connectivity index (χ0v) is 14.7. The Bertz CT molecular complexity index is 656. The van der Waals surface area contributed by atoms with Gasteiger partial charge < -0.3 is 10.1 Å². The molecule has 0 saturated heterocycles. The van der Waals surface area contributed by atoms with Crippen molar-refractivity contribution >= 4 is 10.0 Å². The molecule has 0 radical (unpaired) electrons. The van der Waals surface area contributed by atoms with Gasteiger partial charge in [-0.3, -0.25) is 0 Å². The SMILES string of the molecule is CCO[C@H]1C[C@@H](NCc2cccc(S(=O)(=O)NC)c2)C12CCC2. The lowest BCUT2D eigenvalue weighted by Gasteiger charge is -2.61. The Balaban J connectivity index is 1.62. The summed E-state index contributed by atoms with van der Waals surface area (Å²) in [6.45, 7) is 3.53. The van der Waals surface area contributed by atoms with Crippen molar-refractivity contribution in [2.45, 2.75) is 56.2 Å². The molecule has 0 aromatic heterocycles. The summed E-state index contributed by atoms with van der Waals surface area (Å²) in [7, 11) is -1.95. The minimum absolute atomic E-state index is 0.318. The first-order valence-corrected chi connectivity index (χ1v) is 9.87. The standard InChI is InChI=1S/C17H26N2O3S/c1-3-22-16-11-15(17(16)8-5-9-17)19-12-13-6-4-7-14(10-13)23(20,21)18-2/h4,6-7,10,15-16,18-19H,3,5,8-9,11-12H2,1-2H3/t15-,16+/m1/s1. The van der Waals surface area contributed by atoms with Gasteiger partial charge in [-0.2, -0.15) is 0 Å². The van der Waals surface area contributed by atoms with Crippen molar-refractivity contribution in [3.05, 3.63) is 29.8 Å². The van der Waals surface area contributed by atoms with Crippen LogP contribution in [0.2, 0.25) is 0 Å². The molecule has 128 valence electrons. The molecule has 1 aromatic rings. The van der Waals surface area contributed by atoms with Crippen LogP contribution in [0.1, 0.15) is 38.2 Å². The lowest BCUT2D eigenvalue weighted by molar-refractivity contribution is -0.173. The van der Waals surface area contributed by atoms with Crippen molar-refractivity contribution in [3.8, 4) is 0 Å². The lowest BCUT2D eigenvalue weighted by atomic mass is 9.51. The second-order valence-electron chi connectivity index (χ2n) is 6.55. The van der Waals surface area contributed by atoms with E-state index >= 15 is 0 Å². The number of rotatable bonds is 7. The summed E-state index contributed by atoms with van der Waals surface area (Å²) in [5, 5.41) is 3.62. The van der Waals surface area contributed by atoms with Crippen LogP contribution in [0, 0.1) is 5.41 Å². The number of hydrogen-bond acceptors (Lipinski definition) is 4. The topological polar surface area (TPSA) is 67.4 Å². The van der Waals surface area contributed by atoms with Crippen LogP contribution in [-0.4, -0.2) is 34.2 Å². The van der Waals surface area contributed by atoms with Crippen LogP contribution in [0.25, 0.3) is 0 Å². The van der Waals surface area contributed by atoms with E-state index in [-0.39, 0.29) is 0 Å². The molecule has 2 aliphatic rings. The maximum atomic E-state index is 11.9. The highest BCUT2D eigenvalue weighted by molar-refractivity contribution is 7.89. The van der Waals surface area contributed by atoms with Gasteiger partial charge in [0.25, 0.3) is 0 Å². The fourth-order valence-electron chi connectivity index (χ4n) is 3.91. The van der Waals surface area contributed by atoms with Gasteiger partial charge in [-0.25, -0.2) is 13.1 Å². The van der Waals surface area contributed by atoms with E-state index in [1.807, 2.05) is 6.07 Å². The van der Waals surface area contributed by atoms with Crippen LogP contribution >= 0.6 is 0 Å².